The summed E-state index contributed by atoms with van der Waals surface area (Å²) in [5, 5.41) is 0.530. The van der Waals surface area contributed by atoms with E-state index in [2.05, 4.69) is 22.9 Å². The van der Waals surface area contributed by atoms with Gasteiger partial charge in [0, 0.05) is 41.2 Å². The Morgan fingerprint density at radius 3 is 2.55 bits per heavy atom. The molecule has 1 saturated heterocycles. The summed E-state index contributed by atoms with van der Waals surface area (Å²) in [6.07, 6.45) is 3.50. The third-order valence-electron chi connectivity index (χ3n) is 6.87. The first-order valence-corrected chi connectivity index (χ1v) is 15.3. The van der Waals surface area contributed by atoms with E-state index in [-0.39, 0.29) is 29.0 Å². The molecule has 1 amide bonds. The number of para-hydroxylation sites is 1. The topological polar surface area (TPSA) is 66.9 Å². The molecule has 0 bridgehead atoms. The summed E-state index contributed by atoms with van der Waals surface area (Å²) in [5.41, 5.74) is 2.09. The quantitative estimate of drug-likeness (QED) is 0.266. The van der Waals surface area contributed by atoms with Crippen molar-refractivity contribution in [2.24, 2.45) is 0 Å². The van der Waals surface area contributed by atoms with Gasteiger partial charge in [-0.05, 0) is 90.1 Å². The van der Waals surface area contributed by atoms with Crippen molar-refractivity contribution in [2.45, 2.75) is 57.0 Å². The Kier molecular flexibility index (Phi) is 9.19. The maximum atomic E-state index is 13.6. The van der Waals surface area contributed by atoms with E-state index >= 15 is 0 Å². The number of aryl methyl sites for hydroxylation is 1. The number of amides is 1. The van der Waals surface area contributed by atoms with Crippen molar-refractivity contribution in [3.05, 3.63) is 86.8 Å². The standard InChI is InChI=1S/C29H32BrClN2O4S/c1-4-21-10-5-6-11-27(21)37-28-15-12-23(31)17-22(28)19-32(3)29(34)25-18-24(13-14-26(25)30)38(35,36)33-16-8-7-9-20(33)2/h5-6,10-15,17-18,20H,4,7-9,16,19H2,1-3H3. The molecule has 4 rings (SSSR count). The van der Waals surface area contributed by atoms with Gasteiger partial charge < -0.3 is 9.64 Å². The number of carbonyl (C=O) groups excluding carboxylic acids is 1. The summed E-state index contributed by atoms with van der Waals surface area (Å²) in [5.74, 6) is 1.03. The number of carbonyl (C=O) groups is 1. The number of piperidine rings is 1. The van der Waals surface area contributed by atoms with Crippen LogP contribution in [0.4, 0.5) is 0 Å². The number of hydrogen-bond acceptors (Lipinski definition) is 4. The molecule has 1 fully saturated rings. The van der Waals surface area contributed by atoms with Crippen molar-refractivity contribution < 1.29 is 17.9 Å². The highest BCUT2D eigenvalue weighted by Crippen LogP contribution is 2.32. The van der Waals surface area contributed by atoms with Gasteiger partial charge in [0.15, 0.2) is 0 Å². The van der Waals surface area contributed by atoms with Gasteiger partial charge in [-0.2, -0.15) is 4.31 Å². The highest BCUT2D eigenvalue weighted by molar-refractivity contribution is 9.10. The van der Waals surface area contributed by atoms with Crippen LogP contribution in [-0.4, -0.2) is 43.2 Å². The van der Waals surface area contributed by atoms with Crippen molar-refractivity contribution in [3.8, 4) is 11.5 Å². The summed E-state index contributed by atoms with van der Waals surface area (Å²) in [6.45, 7) is 4.70. The number of hydrogen-bond donors (Lipinski definition) is 0. The van der Waals surface area contributed by atoms with Gasteiger partial charge in [-0.1, -0.05) is 43.1 Å². The number of halogens is 2. The Hall–Kier alpha value is -2.39. The lowest BCUT2D eigenvalue weighted by molar-refractivity contribution is 0.0783. The summed E-state index contributed by atoms with van der Waals surface area (Å²) >= 11 is 9.75. The number of rotatable bonds is 8. The van der Waals surface area contributed by atoms with E-state index in [0.29, 0.717) is 21.8 Å². The fraction of sp³-hybridized carbons (Fsp3) is 0.345. The maximum Gasteiger partial charge on any atom is 0.255 e. The van der Waals surface area contributed by atoms with Gasteiger partial charge in [0.2, 0.25) is 10.0 Å². The predicted octanol–water partition coefficient (Wildman–Crippen LogP) is 7.29. The zero-order valence-corrected chi connectivity index (χ0v) is 24.9. The van der Waals surface area contributed by atoms with Crippen LogP contribution in [0.25, 0.3) is 0 Å². The molecule has 202 valence electrons. The minimum Gasteiger partial charge on any atom is -0.457 e. The Labute approximate surface area is 238 Å². The highest BCUT2D eigenvalue weighted by Gasteiger charge is 2.32. The Morgan fingerprint density at radius 1 is 1.08 bits per heavy atom. The molecule has 0 radical (unpaired) electrons. The van der Waals surface area contributed by atoms with Crippen molar-refractivity contribution in [3.63, 3.8) is 0 Å². The zero-order chi connectivity index (χ0) is 27.4. The van der Waals surface area contributed by atoms with Crippen LogP contribution < -0.4 is 4.74 Å². The van der Waals surface area contributed by atoms with Crippen LogP contribution in [0.2, 0.25) is 5.02 Å². The molecular formula is C29H32BrClN2O4S. The highest BCUT2D eigenvalue weighted by atomic mass is 79.9. The maximum absolute atomic E-state index is 13.6. The lowest BCUT2D eigenvalue weighted by Gasteiger charge is -2.32. The molecule has 0 saturated carbocycles. The number of benzene rings is 3. The van der Waals surface area contributed by atoms with Crippen LogP contribution in [-0.2, 0) is 23.0 Å². The molecule has 38 heavy (non-hydrogen) atoms. The van der Waals surface area contributed by atoms with E-state index in [4.69, 9.17) is 16.3 Å². The smallest absolute Gasteiger partial charge is 0.255 e. The lowest BCUT2D eigenvalue weighted by atomic mass is 10.1. The van der Waals surface area contributed by atoms with Crippen molar-refractivity contribution in [1.29, 1.82) is 0 Å². The molecule has 1 heterocycles. The van der Waals surface area contributed by atoms with Crippen molar-refractivity contribution in [2.75, 3.05) is 13.6 Å². The van der Waals surface area contributed by atoms with Gasteiger partial charge >= 0.3 is 0 Å². The van der Waals surface area contributed by atoms with E-state index in [1.807, 2.05) is 31.2 Å². The molecule has 1 unspecified atom stereocenters. The Balaban J connectivity index is 1.60. The molecule has 0 N–H and O–H groups in total. The minimum atomic E-state index is -3.72. The van der Waals surface area contributed by atoms with Crippen LogP contribution in [0.15, 0.2) is 70.0 Å². The lowest BCUT2D eigenvalue weighted by Crippen LogP contribution is -2.42. The molecule has 0 aromatic heterocycles. The van der Waals surface area contributed by atoms with Crippen LogP contribution in [0, 0.1) is 0 Å². The van der Waals surface area contributed by atoms with Gasteiger partial charge in [-0.15, -0.1) is 0 Å². The first kappa shape index (κ1) is 28.6. The normalized spacial score (nSPS) is 16.3. The Bertz CT molecular complexity index is 1430. The molecule has 9 heteroatoms. The zero-order valence-electron chi connectivity index (χ0n) is 21.8. The molecule has 3 aromatic carbocycles. The second kappa shape index (κ2) is 12.2. The van der Waals surface area contributed by atoms with Crippen molar-refractivity contribution in [1.82, 2.24) is 9.21 Å². The van der Waals surface area contributed by atoms with Gasteiger partial charge in [-0.3, -0.25) is 4.79 Å². The van der Waals surface area contributed by atoms with Gasteiger partial charge in [-0.25, -0.2) is 8.42 Å². The molecule has 1 aliphatic heterocycles. The third-order valence-corrected chi connectivity index (χ3v) is 9.80. The minimum absolute atomic E-state index is 0.0710. The van der Waals surface area contributed by atoms with E-state index in [9.17, 15) is 13.2 Å². The summed E-state index contributed by atoms with van der Waals surface area (Å²) in [7, 11) is -2.04. The molecule has 3 aromatic rings. The largest absolute Gasteiger partial charge is 0.457 e. The molecule has 1 atom stereocenters. The van der Waals surface area contributed by atoms with E-state index < -0.39 is 10.0 Å². The van der Waals surface area contributed by atoms with Crippen LogP contribution >= 0.6 is 27.5 Å². The van der Waals surface area contributed by atoms with Crippen LogP contribution in [0.3, 0.4) is 0 Å². The average molecular weight is 620 g/mol. The van der Waals surface area contributed by atoms with Crippen LogP contribution in [0.1, 0.15) is 54.6 Å². The molecule has 0 aliphatic carbocycles. The second-order valence-electron chi connectivity index (χ2n) is 9.58. The number of sulfonamides is 1. The van der Waals surface area contributed by atoms with E-state index in [1.54, 1.807) is 41.7 Å². The van der Waals surface area contributed by atoms with E-state index in [1.165, 1.54) is 11.0 Å². The van der Waals surface area contributed by atoms with Gasteiger partial charge in [0.25, 0.3) is 5.91 Å². The second-order valence-corrected chi connectivity index (χ2v) is 12.8. The fourth-order valence-corrected chi connectivity index (χ4v) is 7.05. The first-order valence-electron chi connectivity index (χ1n) is 12.7. The van der Waals surface area contributed by atoms with Crippen molar-refractivity contribution >= 4 is 43.5 Å². The summed E-state index contributed by atoms with van der Waals surface area (Å²) < 4.78 is 35.1. The predicted molar refractivity (Wildman–Crippen MR) is 154 cm³/mol. The summed E-state index contributed by atoms with van der Waals surface area (Å²) in [6, 6.07) is 17.7. The van der Waals surface area contributed by atoms with E-state index in [0.717, 1.165) is 42.6 Å². The molecule has 6 nitrogen and oxygen atoms in total. The van der Waals surface area contributed by atoms with Gasteiger partial charge in [0.1, 0.15) is 11.5 Å². The first-order chi connectivity index (χ1) is 18.1. The average Bonchev–Trinajstić information content (AvgIpc) is 2.90. The monoisotopic (exact) mass is 618 g/mol. The Morgan fingerprint density at radius 2 is 1.82 bits per heavy atom. The SMILES string of the molecule is CCc1ccccc1Oc1ccc(Cl)cc1CN(C)C(=O)c1cc(S(=O)(=O)N2CCCCC2C)ccc1Br. The number of nitrogens with zero attached hydrogens (tertiary/aromatic N) is 2. The number of ether oxygens (including phenoxy) is 1. The molecular weight excluding hydrogens is 588 g/mol. The van der Waals surface area contributed by atoms with Crippen LogP contribution in [0.5, 0.6) is 11.5 Å². The molecule has 1 aliphatic rings. The molecule has 0 spiro atoms. The summed E-state index contributed by atoms with van der Waals surface area (Å²) in [4.78, 5) is 15.2. The van der Waals surface area contributed by atoms with Gasteiger partial charge in [0.05, 0.1) is 10.5 Å². The fourth-order valence-electron chi connectivity index (χ4n) is 4.71. The third kappa shape index (κ3) is 6.25.